The van der Waals surface area contributed by atoms with Gasteiger partial charge >= 0.3 is 6.03 Å². The third-order valence-corrected chi connectivity index (χ3v) is 7.63. The number of aryl methyl sites for hydroxylation is 2. The predicted molar refractivity (Wildman–Crippen MR) is 176 cm³/mol. The van der Waals surface area contributed by atoms with Gasteiger partial charge in [-0.05, 0) is 93.1 Å². The summed E-state index contributed by atoms with van der Waals surface area (Å²) in [6, 6.07) is 21.3. The van der Waals surface area contributed by atoms with Crippen LogP contribution in [0.5, 0.6) is 5.75 Å². The molecule has 0 spiro atoms. The largest absolute Gasteiger partial charge is 0.463 e. The Balaban J connectivity index is 0.973. The van der Waals surface area contributed by atoms with Crippen molar-refractivity contribution in [1.82, 2.24) is 5.32 Å². The van der Waals surface area contributed by atoms with Crippen LogP contribution in [0, 0.1) is 6.92 Å². The molecule has 0 radical (unpaired) electrons. The number of anilines is 2. The molecule has 0 saturated carbocycles. The van der Waals surface area contributed by atoms with E-state index >= 15 is 0 Å². The molecule has 4 N–H and O–H groups in total. The molecule has 0 aromatic heterocycles. The predicted octanol–water partition coefficient (Wildman–Crippen LogP) is 7.51. The average Bonchev–Trinajstić information content (AvgIpc) is 3.00. The van der Waals surface area contributed by atoms with Crippen LogP contribution in [0.15, 0.2) is 66.7 Å². The Morgan fingerprint density at radius 2 is 1.66 bits per heavy atom. The number of aliphatic hydroxyl groups excluding tert-OH is 1. The Morgan fingerprint density at radius 3 is 2.48 bits per heavy atom. The molecule has 238 valence electrons. The van der Waals surface area contributed by atoms with Gasteiger partial charge in [0.2, 0.25) is 5.79 Å². The van der Waals surface area contributed by atoms with Gasteiger partial charge in [0.15, 0.2) is 0 Å². The number of nitrogens with one attached hydrogen (secondary N) is 3. The lowest BCUT2D eigenvalue weighted by Gasteiger charge is -2.33. The maximum atomic E-state index is 12.3. The molecule has 8 nitrogen and oxygen atoms in total. The van der Waals surface area contributed by atoms with Gasteiger partial charge in [-0.3, -0.25) is 0 Å². The van der Waals surface area contributed by atoms with Crippen molar-refractivity contribution in [2.45, 2.75) is 84.2 Å². The van der Waals surface area contributed by atoms with E-state index in [4.69, 9.17) is 14.2 Å². The summed E-state index contributed by atoms with van der Waals surface area (Å²) in [6.45, 7) is 9.29. The second-order valence-electron chi connectivity index (χ2n) is 12.0. The standard InChI is InChI=1S/C36H49N3O5/c1-27-14-17-31(18-15-27)38-35(41)39-32-13-10-12-28(23-32)11-6-9-22-42-21-8-5-4-7-20-37-25-33(40)29-16-19-34-30(24-29)26-43-36(2,3)44-34/h10,12-19,23-24,33,37,40H,4-9,11,20-22,25-26H2,1-3H3,(H2,38,39,41)/t33-/m0/s1. The number of rotatable bonds is 17. The summed E-state index contributed by atoms with van der Waals surface area (Å²) in [4.78, 5) is 12.3. The van der Waals surface area contributed by atoms with E-state index in [9.17, 15) is 9.90 Å². The lowest BCUT2D eigenvalue weighted by Crippen LogP contribution is -2.35. The summed E-state index contributed by atoms with van der Waals surface area (Å²) >= 11 is 0. The van der Waals surface area contributed by atoms with Crippen LogP contribution in [0.3, 0.4) is 0 Å². The highest BCUT2D eigenvalue weighted by molar-refractivity contribution is 5.99. The van der Waals surface area contributed by atoms with Gasteiger partial charge in [0.1, 0.15) is 5.75 Å². The Hall–Kier alpha value is -3.43. The van der Waals surface area contributed by atoms with Crippen molar-refractivity contribution in [3.63, 3.8) is 0 Å². The zero-order valence-corrected chi connectivity index (χ0v) is 26.5. The fraction of sp³-hybridized carbons (Fsp3) is 0.472. The van der Waals surface area contributed by atoms with Crippen LogP contribution < -0.4 is 20.7 Å². The minimum atomic E-state index is -0.612. The van der Waals surface area contributed by atoms with E-state index < -0.39 is 11.9 Å². The lowest BCUT2D eigenvalue weighted by molar-refractivity contribution is -0.180. The minimum Gasteiger partial charge on any atom is -0.463 e. The fourth-order valence-electron chi connectivity index (χ4n) is 5.10. The van der Waals surface area contributed by atoms with Crippen LogP contribution in [-0.2, 0) is 22.5 Å². The Bertz CT molecular complexity index is 1310. The van der Waals surface area contributed by atoms with E-state index in [-0.39, 0.29) is 6.03 Å². The molecule has 0 bridgehead atoms. The van der Waals surface area contributed by atoms with Crippen LogP contribution in [0.4, 0.5) is 16.2 Å². The molecule has 1 aliphatic rings. The van der Waals surface area contributed by atoms with Crippen molar-refractivity contribution in [2.75, 3.05) is 36.9 Å². The molecule has 2 amide bonds. The number of urea groups is 1. The monoisotopic (exact) mass is 603 g/mol. The summed E-state index contributed by atoms with van der Waals surface area (Å²) < 4.78 is 17.4. The van der Waals surface area contributed by atoms with E-state index in [1.54, 1.807) is 0 Å². The third-order valence-electron chi connectivity index (χ3n) is 7.63. The number of carbonyl (C=O) groups excluding carboxylic acids is 1. The Morgan fingerprint density at radius 1 is 0.909 bits per heavy atom. The van der Waals surface area contributed by atoms with Gasteiger partial charge in [0.05, 0.1) is 12.7 Å². The lowest BCUT2D eigenvalue weighted by atomic mass is 10.0. The molecule has 0 saturated heterocycles. The second-order valence-corrected chi connectivity index (χ2v) is 12.0. The van der Waals surface area contributed by atoms with Crippen LogP contribution in [0.1, 0.15) is 80.7 Å². The van der Waals surface area contributed by atoms with Gasteiger partial charge in [0, 0.05) is 50.5 Å². The van der Waals surface area contributed by atoms with Gasteiger partial charge in [-0.1, -0.05) is 48.7 Å². The van der Waals surface area contributed by atoms with Crippen molar-refractivity contribution < 1.29 is 24.1 Å². The maximum Gasteiger partial charge on any atom is 0.323 e. The van der Waals surface area contributed by atoms with Gasteiger partial charge in [-0.25, -0.2) is 4.79 Å². The summed E-state index contributed by atoms with van der Waals surface area (Å²) in [5.41, 5.74) is 5.77. The SMILES string of the molecule is Cc1ccc(NC(=O)Nc2cccc(CCCCOCCCCCCNC[C@H](O)c3ccc4c(c3)COC(C)(C)O4)c2)cc1. The number of benzene rings is 3. The molecule has 1 heterocycles. The summed E-state index contributed by atoms with van der Waals surface area (Å²) in [6.07, 6.45) is 6.88. The molecule has 4 rings (SSSR count). The molecule has 44 heavy (non-hydrogen) atoms. The first-order valence-electron chi connectivity index (χ1n) is 15.9. The molecular formula is C36H49N3O5. The summed E-state index contributed by atoms with van der Waals surface area (Å²) in [5, 5.41) is 19.7. The first-order valence-corrected chi connectivity index (χ1v) is 15.9. The van der Waals surface area contributed by atoms with Gasteiger partial charge in [-0.2, -0.15) is 0 Å². The van der Waals surface area contributed by atoms with Crippen molar-refractivity contribution in [3.8, 4) is 5.75 Å². The number of hydrogen-bond acceptors (Lipinski definition) is 6. The molecule has 0 fully saturated rings. The molecule has 3 aromatic rings. The van der Waals surface area contributed by atoms with Crippen molar-refractivity contribution in [3.05, 3.63) is 89.0 Å². The van der Waals surface area contributed by atoms with Crippen LogP contribution in [0.25, 0.3) is 0 Å². The summed E-state index contributed by atoms with van der Waals surface area (Å²) in [5.74, 6) is 0.213. The smallest absolute Gasteiger partial charge is 0.323 e. The molecule has 0 aliphatic carbocycles. The van der Waals surface area contributed by atoms with Gasteiger partial charge in [0.25, 0.3) is 0 Å². The van der Waals surface area contributed by atoms with Gasteiger partial charge < -0.3 is 35.3 Å². The third kappa shape index (κ3) is 11.6. The average molecular weight is 604 g/mol. The number of ether oxygens (including phenoxy) is 3. The van der Waals surface area contributed by atoms with Crippen molar-refractivity contribution in [2.24, 2.45) is 0 Å². The van der Waals surface area contributed by atoms with Gasteiger partial charge in [-0.15, -0.1) is 0 Å². The first-order chi connectivity index (χ1) is 21.3. The minimum absolute atomic E-state index is 0.243. The zero-order valence-electron chi connectivity index (χ0n) is 26.5. The molecule has 8 heteroatoms. The zero-order chi connectivity index (χ0) is 31.2. The fourth-order valence-corrected chi connectivity index (χ4v) is 5.10. The van der Waals surface area contributed by atoms with Crippen molar-refractivity contribution in [1.29, 1.82) is 0 Å². The van der Waals surface area contributed by atoms with Crippen LogP contribution >= 0.6 is 0 Å². The molecule has 0 unspecified atom stereocenters. The van der Waals surface area contributed by atoms with Crippen LogP contribution in [0.2, 0.25) is 0 Å². The number of carbonyl (C=O) groups is 1. The normalized spacial score (nSPS) is 14.4. The van der Waals surface area contributed by atoms with E-state index in [2.05, 4.69) is 22.0 Å². The quantitative estimate of drug-likeness (QED) is 0.119. The van der Waals surface area contributed by atoms with E-state index in [1.165, 1.54) is 5.56 Å². The molecule has 1 atom stereocenters. The van der Waals surface area contributed by atoms with E-state index in [0.29, 0.717) is 13.2 Å². The highest BCUT2D eigenvalue weighted by Gasteiger charge is 2.27. The molecule has 1 aliphatic heterocycles. The maximum absolute atomic E-state index is 12.3. The number of amides is 2. The number of fused-ring (bicyclic) bond motifs is 1. The molecular weight excluding hydrogens is 554 g/mol. The van der Waals surface area contributed by atoms with E-state index in [0.717, 1.165) is 98.5 Å². The number of unbranched alkanes of at least 4 members (excludes halogenated alkanes) is 4. The van der Waals surface area contributed by atoms with Crippen molar-refractivity contribution >= 4 is 17.4 Å². The Labute approximate surface area is 262 Å². The first kappa shape index (κ1) is 33.5. The van der Waals surface area contributed by atoms with Crippen LogP contribution in [-0.4, -0.2) is 43.2 Å². The summed E-state index contributed by atoms with van der Waals surface area (Å²) in [7, 11) is 0. The number of hydrogen-bond donors (Lipinski definition) is 4. The second kappa shape index (κ2) is 17.2. The van der Waals surface area contributed by atoms with E-state index in [1.807, 2.05) is 81.4 Å². The number of aliphatic hydroxyl groups is 1. The highest BCUT2D eigenvalue weighted by atomic mass is 16.7. The highest BCUT2D eigenvalue weighted by Crippen LogP contribution is 2.32. The Kier molecular flexibility index (Phi) is 13.1. The topological polar surface area (TPSA) is 101 Å². The molecule has 3 aromatic carbocycles.